The van der Waals surface area contributed by atoms with E-state index in [1.165, 1.54) is 6.92 Å². The second kappa shape index (κ2) is 19.1. The third-order valence-electron chi connectivity index (χ3n) is 8.43. The van der Waals surface area contributed by atoms with Crippen LogP contribution >= 0.6 is 0 Å². The van der Waals surface area contributed by atoms with Crippen LogP contribution in [0, 0.1) is 0 Å². The largest absolute Gasteiger partial charge is 0.459 e. The van der Waals surface area contributed by atoms with E-state index >= 15 is 0 Å². The normalized spacial score (nSPS) is 13.9. The van der Waals surface area contributed by atoms with Crippen molar-refractivity contribution in [2.75, 3.05) is 13.2 Å². The van der Waals surface area contributed by atoms with E-state index < -0.39 is 59.6 Å². The van der Waals surface area contributed by atoms with Crippen LogP contribution < -0.4 is 16.0 Å². The number of ether oxygens (including phenoxy) is 5. The first-order chi connectivity index (χ1) is 26.0. The number of carbonyl (C=O) groups is 5. The number of hydrogen-bond acceptors (Lipinski definition) is 10. The molecule has 1 aliphatic carbocycles. The summed E-state index contributed by atoms with van der Waals surface area (Å²) in [5.74, 6) is -1.93. The molecular formula is C42H53N3O10. The SMILES string of the molecule is C[C@@H](OC(=O)[C@@H](CCCCNC(=O)OC(C)(C)C)NC(=O)OCC1c2ccccc2-c2ccccc21)[C@H](NC(=O)OC(C)(C)C)C(=O)OCc1ccccc1. The lowest BCUT2D eigenvalue weighted by atomic mass is 9.98. The maximum absolute atomic E-state index is 13.7. The highest BCUT2D eigenvalue weighted by atomic mass is 16.6. The standard InChI is InChI=1S/C42H53N3O10/c1-27(35(45-40(50)55-42(5,6)7)37(47)51-25-28-17-9-8-10-18-28)53-36(46)34(23-15-16-24-43-38(48)54-41(2,3)4)44-39(49)52-26-33-31-21-13-11-19-29(31)30-20-12-14-22-32(30)33/h8-14,17-22,27,33-35H,15-16,23-26H2,1-7H3,(H,43,48)(H,44,49)(H,45,50)/t27-,34-,35+/m1/s1. The molecule has 1 aliphatic rings. The van der Waals surface area contributed by atoms with Gasteiger partial charge in [-0.3, -0.25) is 0 Å². The number of alkyl carbamates (subject to hydrolysis) is 3. The van der Waals surface area contributed by atoms with E-state index in [0.717, 1.165) is 22.3 Å². The number of unbranched alkanes of at least 4 members (excludes halogenated alkanes) is 1. The highest BCUT2D eigenvalue weighted by molar-refractivity contribution is 5.85. The fraction of sp³-hybridized carbons (Fsp3) is 0.452. The molecule has 0 fully saturated rings. The second-order valence-electron chi connectivity index (χ2n) is 15.3. The molecule has 13 heteroatoms. The molecule has 3 amide bonds. The van der Waals surface area contributed by atoms with Gasteiger partial charge in [0, 0.05) is 12.5 Å². The zero-order valence-electron chi connectivity index (χ0n) is 32.6. The zero-order chi connectivity index (χ0) is 40.2. The van der Waals surface area contributed by atoms with Crippen LogP contribution in [0.2, 0.25) is 0 Å². The average Bonchev–Trinajstić information content (AvgIpc) is 3.43. The number of hydrogen-bond donors (Lipinski definition) is 3. The molecule has 0 saturated heterocycles. The minimum Gasteiger partial charge on any atom is -0.459 e. The molecule has 55 heavy (non-hydrogen) atoms. The van der Waals surface area contributed by atoms with Gasteiger partial charge >= 0.3 is 30.2 Å². The van der Waals surface area contributed by atoms with Crippen molar-refractivity contribution < 1.29 is 47.7 Å². The quantitative estimate of drug-likeness (QED) is 0.0822. The fourth-order valence-electron chi connectivity index (χ4n) is 5.96. The van der Waals surface area contributed by atoms with Gasteiger partial charge in [-0.25, -0.2) is 24.0 Å². The third kappa shape index (κ3) is 13.3. The van der Waals surface area contributed by atoms with Crippen molar-refractivity contribution in [3.05, 3.63) is 95.6 Å². The van der Waals surface area contributed by atoms with Gasteiger partial charge in [0.2, 0.25) is 0 Å². The van der Waals surface area contributed by atoms with Gasteiger partial charge in [-0.1, -0.05) is 78.9 Å². The molecule has 0 aromatic heterocycles. The number of amides is 3. The number of rotatable bonds is 15. The first kappa shape index (κ1) is 42.2. The molecule has 0 radical (unpaired) electrons. The molecule has 3 aromatic carbocycles. The van der Waals surface area contributed by atoms with Crippen molar-refractivity contribution in [1.82, 2.24) is 16.0 Å². The van der Waals surface area contributed by atoms with Crippen LogP contribution in [0.5, 0.6) is 0 Å². The van der Waals surface area contributed by atoms with Crippen LogP contribution in [-0.4, -0.2) is 72.8 Å². The summed E-state index contributed by atoms with van der Waals surface area (Å²) in [7, 11) is 0. The van der Waals surface area contributed by atoms with Crippen molar-refractivity contribution in [2.45, 2.75) is 110 Å². The summed E-state index contributed by atoms with van der Waals surface area (Å²) in [6.07, 6.45) is -2.64. The maximum atomic E-state index is 13.7. The zero-order valence-corrected chi connectivity index (χ0v) is 32.6. The summed E-state index contributed by atoms with van der Waals surface area (Å²) in [6.45, 7) is 11.9. The van der Waals surface area contributed by atoms with E-state index in [2.05, 4.69) is 16.0 Å². The smallest absolute Gasteiger partial charge is 0.408 e. The molecule has 3 N–H and O–H groups in total. The van der Waals surface area contributed by atoms with Gasteiger partial charge in [-0.05, 0) is 95.5 Å². The topological polar surface area (TPSA) is 168 Å². The first-order valence-corrected chi connectivity index (χ1v) is 18.5. The Morgan fingerprint density at radius 3 is 1.82 bits per heavy atom. The van der Waals surface area contributed by atoms with Gasteiger partial charge in [-0.2, -0.15) is 0 Å². The lowest BCUT2D eigenvalue weighted by Gasteiger charge is -2.27. The lowest BCUT2D eigenvalue weighted by molar-refractivity contribution is -0.159. The molecule has 0 saturated carbocycles. The van der Waals surface area contributed by atoms with E-state index in [-0.39, 0.29) is 32.1 Å². The van der Waals surface area contributed by atoms with Gasteiger partial charge in [0.1, 0.15) is 36.6 Å². The Balaban J connectivity index is 1.44. The minimum absolute atomic E-state index is 0.0208. The lowest BCUT2D eigenvalue weighted by Crippen LogP contribution is -2.52. The monoisotopic (exact) mass is 759 g/mol. The Labute approximate surface area is 322 Å². The Hall–Kier alpha value is -5.59. The van der Waals surface area contributed by atoms with Gasteiger partial charge in [-0.15, -0.1) is 0 Å². The molecule has 3 aromatic rings. The molecule has 0 unspecified atom stereocenters. The molecule has 0 spiro atoms. The third-order valence-corrected chi connectivity index (χ3v) is 8.43. The minimum atomic E-state index is -1.45. The summed E-state index contributed by atoms with van der Waals surface area (Å²) in [5.41, 5.74) is 3.37. The maximum Gasteiger partial charge on any atom is 0.408 e. The van der Waals surface area contributed by atoms with Crippen molar-refractivity contribution in [3.8, 4) is 11.1 Å². The summed E-state index contributed by atoms with van der Waals surface area (Å²) in [6, 6.07) is 22.2. The van der Waals surface area contributed by atoms with Crippen LogP contribution in [0.3, 0.4) is 0 Å². The molecule has 13 nitrogen and oxygen atoms in total. The van der Waals surface area contributed by atoms with Crippen LogP contribution in [0.1, 0.15) is 90.3 Å². The number of carbonyl (C=O) groups excluding carboxylic acids is 5. The van der Waals surface area contributed by atoms with Crippen molar-refractivity contribution in [2.24, 2.45) is 0 Å². The predicted molar refractivity (Wildman–Crippen MR) is 205 cm³/mol. The summed E-state index contributed by atoms with van der Waals surface area (Å²) >= 11 is 0. The first-order valence-electron chi connectivity index (χ1n) is 18.5. The number of esters is 2. The van der Waals surface area contributed by atoms with Crippen LogP contribution in [0.4, 0.5) is 14.4 Å². The van der Waals surface area contributed by atoms with E-state index in [9.17, 15) is 24.0 Å². The number of benzene rings is 3. The number of fused-ring (bicyclic) bond motifs is 3. The van der Waals surface area contributed by atoms with Gasteiger partial charge in [0.25, 0.3) is 0 Å². The van der Waals surface area contributed by atoms with Crippen LogP contribution in [0.15, 0.2) is 78.9 Å². The van der Waals surface area contributed by atoms with Crippen molar-refractivity contribution in [1.29, 1.82) is 0 Å². The highest BCUT2D eigenvalue weighted by Crippen LogP contribution is 2.44. The Morgan fingerprint density at radius 2 is 1.22 bits per heavy atom. The van der Waals surface area contributed by atoms with E-state index in [1.54, 1.807) is 65.8 Å². The molecule has 3 atom stereocenters. The van der Waals surface area contributed by atoms with Crippen molar-refractivity contribution in [3.63, 3.8) is 0 Å². The Kier molecular flexibility index (Phi) is 14.7. The van der Waals surface area contributed by atoms with E-state index in [1.807, 2.05) is 54.6 Å². The Morgan fingerprint density at radius 1 is 0.655 bits per heavy atom. The van der Waals surface area contributed by atoms with Gasteiger partial charge in [0.05, 0.1) is 0 Å². The molecule has 296 valence electrons. The molecule has 0 aliphatic heterocycles. The highest BCUT2D eigenvalue weighted by Gasteiger charge is 2.35. The van der Waals surface area contributed by atoms with E-state index in [4.69, 9.17) is 23.7 Å². The number of nitrogens with one attached hydrogen (secondary N) is 3. The molecule has 4 rings (SSSR count). The molecular weight excluding hydrogens is 706 g/mol. The Bertz CT molecular complexity index is 1740. The van der Waals surface area contributed by atoms with Gasteiger partial charge in [0.15, 0.2) is 6.04 Å². The predicted octanol–water partition coefficient (Wildman–Crippen LogP) is 7.16. The second-order valence-corrected chi connectivity index (χ2v) is 15.3. The van der Waals surface area contributed by atoms with Crippen LogP contribution in [0.25, 0.3) is 11.1 Å². The van der Waals surface area contributed by atoms with E-state index in [0.29, 0.717) is 18.4 Å². The van der Waals surface area contributed by atoms with Crippen LogP contribution in [-0.2, 0) is 39.9 Å². The van der Waals surface area contributed by atoms with Gasteiger partial charge < -0.3 is 39.6 Å². The summed E-state index contributed by atoms with van der Waals surface area (Å²) in [5, 5.41) is 7.78. The summed E-state index contributed by atoms with van der Waals surface area (Å²) in [4.78, 5) is 65.3. The molecule has 0 bridgehead atoms. The average molecular weight is 760 g/mol. The fourth-order valence-corrected chi connectivity index (χ4v) is 5.96. The summed E-state index contributed by atoms with van der Waals surface area (Å²) < 4.78 is 27.6. The van der Waals surface area contributed by atoms with Crippen molar-refractivity contribution >= 4 is 30.2 Å². The molecule has 0 heterocycles.